The van der Waals surface area contributed by atoms with Crippen molar-refractivity contribution in [2.24, 2.45) is 21.8 Å². The zero-order valence-electron chi connectivity index (χ0n) is 41.5. The van der Waals surface area contributed by atoms with Crippen molar-refractivity contribution < 1.29 is 45.9 Å². The zero-order valence-corrected chi connectivity index (χ0v) is 46.4. The average molecular weight is 1100 g/mol. The van der Waals surface area contributed by atoms with Crippen LogP contribution < -0.4 is 39.1 Å². The number of thioether (sulfide) groups is 1. The number of rotatable bonds is 23. The Morgan fingerprint density at radius 1 is 0.943 bits per heavy atom. The molecule has 14 nitrogen and oxygen atoms in total. The number of fused-ring (bicyclic) bond motifs is 3. The Hall–Kier alpha value is -4.54. The number of ketones is 1. The van der Waals surface area contributed by atoms with Gasteiger partial charge in [0.05, 0.1) is 12.1 Å². The average Bonchev–Trinajstić information content (AvgIpc) is 4.15. The van der Waals surface area contributed by atoms with E-state index in [1.165, 1.54) is 7.11 Å². The molecule has 1 radical (unpaired) electrons. The van der Waals surface area contributed by atoms with E-state index in [4.69, 9.17) is 19.5 Å². The van der Waals surface area contributed by atoms with Crippen molar-refractivity contribution in [3.63, 3.8) is 0 Å². The maximum Gasteiger partial charge on any atom is -1.00 e. The summed E-state index contributed by atoms with van der Waals surface area (Å²) in [6, 6.07) is 0.374. The predicted molar refractivity (Wildman–Crippen MR) is 275 cm³/mol. The van der Waals surface area contributed by atoms with Gasteiger partial charge < -0.3 is 23.0 Å². The Morgan fingerprint density at radius 3 is 2.44 bits per heavy atom. The molecule has 2 saturated heterocycles. The fraction of sp³-hybridized carbons (Fsp3) is 0.528. The van der Waals surface area contributed by atoms with Crippen LogP contribution in [0.5, 0.6) is 0 Å². The summed E-state index contributed by atoms with van der Waals surface area (Å²) in [6.45, 7) is 16.1. The number of carbonyl (C=O) groups excluding carboxylic acids is 5. The minimum absolute atomic E-state index is 0. The van der Waals surface area contributed by atoms with Crippen molar-refractivity contribution in [2.45, 2.75) is 142 Å². The first-order chi connectivity index (χ1) is 33.4. The minimum atomic E-state index is -2.26. The van der Waals surface area contributed by atoms with Gasteiger partial charge in [-0.05, 0) is 12.8 Å². The second-order valence-corrected chi connectivity index (χ2v) is 24.1. The topological polar surface area (TPSA) is 174 Å². The summed E-state index contributed by atoms with van der Waals surface area (Å²) in [4.78, 5) is 74.9. The third kappa shape index (κ3) is 10.9. The van der Waals surface area contributed by atoms with E-state index < -0.39 is 29.5 Å². The number of aromatic nitrogens is 2. The van der Waals surface area contributed by atoms with E-state index in [2.05, 4.69) is 73.6 Å². The molecule has 6 aliphatic rings. The third-order valence-electron chi connectivity index (χ3n) is 15.0. The zero-order chi connectivity index (χ0) is 48.9. The number of Topliss-reactive ketones (excluding diaryl/α,β-unsaturated/α-hetero) is 1. The van der Waals surface area contributed by atoms with E-state index in [0.29, 0.717) is 66.6 Å². The van der Waals surface area contributed by atoms with Crippen LogP contribution in [0.15, 0.2) is 39.1 Å². The van der Waals surface area contributed by atoms with Gasteiger partial charge >= 0.3 is 338 Å². The van der Waals surface area contributed by atoms with Crippen molar-refractivity contribution >= 4 is 107 Å². The summed E-state index contributed by atoms with van der Waals surface area (Å²) in [6.07, 6.45) is 19.1. The van der Waals surface area contributed by atoms with Gasteiger partial charge in [-0.3, -0.25) is 4.79 Å². The maximum absolute atomic E-state index is 15.0. The number of methoxy groups -OCH3 is 1. The van der Waals surface area contributed by atoms with Crippen LogP contribution in [0.1, 0.15) is 149 Å². The van der Waals surface area contributed by atoms with Crippen molar-refractivity contribution in [2.75, 3.05) is 26.0 Å². The largest absolute Gasteiger partial charge is 1.00 e. The number of aliphatic imine (C=N–C) groups is 2. The standard InChI is InChI=1S/C53H69N7O7S.ClH.In/c1-8-35-30(3)39-25-41-32(5)37(20-17-23-67-29-61)49(57-41)38(24-47(63)66-7)50-48(33(6)42(58-50)27-44-36(9-2)31(4)40(56-44)26-43(35)55-39)52(64)54-22-16-12-10-11-13-18-34(62)19-14-15-21-46-51-45(28-68-46)59-53(65)60-51;;/h8,25-27,29,32,37,45-46,51H,1,9-24,28H2,2-7H3,(H5,54,55,56,57,58,59,60,64,65);1H;/q;;+2/p-3/t32-,37-,45?,46-,51?;;/m0../s1. The van der Waals surface area contributed by atoms with Gasteiger partial charge in [0.2, 0.25) is 0 Å². The molecule has 6 aliphatic heterocycles. The summed E-state index contributed by atoms with van der Waals surface area (Å²) < 4.78 is 15.4. The molecule has 6 bridgehead atoms. The smallest absolute Gasteiger partial charge is 1.00 e. The molecule has 0 saturated carbocycles. The number of hydrogen-bond donors (Lipinski definition) is 3. The molecule has 2 aromatic heterocycles. The fourth-order valence-electron chi connectivity index (χ4n) is 11.2. The van der Waals surface area contributed by atoms with Gasteiger partial charge in [-0.15, -0.1) is 0 Å². The Morgan fingerprint density at radius 2 is 1.70 bits per heavy atom. The number of nitrogens with one attached hydrogen (secondary N) is 3. The van der Waals surface area contributed by atoms with Crippen molar-refractivity contribution in [3.05, 3.63) is 73.5 Å². The number of urea groups is 1. The number of hydrogen-bond acceptors (Lipinski definition) is 10. The van der Waals surface area contributed by atoms with Gasteiger partial charge in [0.25, 0.3) is 0 Å². The van der Waals surface area contributed by atoms with Gasteiger partial charge in [-0.1, -0.05) is 6.42 Å². The number of nitrogens with zero attached hydrogens (tertiary/aromatic N) is 4. The fourth-order valence-corrected chi connectivity index (χ4v) is 17.7. The molecule has 8 rings (SSSR count). The maximum atomic E-state index is 15.0. The summed E-state index contributed by atoms with van der Waals surface area (Å²) in [5.41, 5.74) is 11.6. The van der Waals surface area contributed by atoms with E-state index in [0.717, 1.165) is 131 Å². The molecule has 3 N–H and O–H groups in total. The Balaban J connectivity index is 0.00000722. The molecule has 0 aromatic carbocycles. The molecule has 0 spiro atoms. The van der Waals surface area contributed by atoms with Crippen LogP contribution in [0.25, 0.3) is 29.9 Å². The van der Waals surface area contributed by atoms with Gasteiger partial charge in [-0.25, -0.2) is 4.79 Å². The van der Waals surface area contributed by atoms with E-state index in [1.54, 1.807) is 0 Å². The van der Waals surface area contributed by atoms with Crippen LogP contribution in [-0.4, -0.2) is 114 Å². The first-order valence-corrected chi connectivity index (χ1v) is 29.0. The monoisotopic (exact) mass is 1100 g/mol. The first-order valence-electron chi connectivity index (χ1n) is 25.0. The molecule has 3 amide bonds. The van der Waals surface area contributed by atoms with Crippen molar-refractivity contribution in [1.82, 2.24) is 21.1 Å². The molecule has 70 heavy (non-hydrogen) atoms. The number of unbranched alkanes of at least 4 members (excludes halogenated alkanes) is 5. The summed E-state index contributed by atoms with van der Waals surface area (Å²) in [5, 5.41) is 11.9. The molecular formula is C53H67ClInN7O7S-. The molecular weight excluding hydrogens is 1030 g/mol. The molecule has 2 aromatic rings. The SMILES string of the molecule is C=Cc1c(C)c2[n]3c1=CC1=NC(=Cc4c(C)c(C(=O)NCCCCCCCC(=O)CCCC[C@@H]5SCC6NC(=O)NC65)c([n]4[In]3)C(CC(=O)OC)=C3N=C(C=2)[C@@H](C)[C@@H]3CCCOC=O)C(CC)=C1C.[Cl-]. The van der Waals surface area contributed by atoms with Crippen LogP contribution in [0.4, 0.5) is 4.79 Å². The van der Waals surface area contributed by atoms with Crippen LogP contribution in [0, 0.1) is 25.7 Å². The first kappa shape index (κ1) is 53.3. The number of esters is 1. The molecule has 2 fully saturated rings. The molecule has 373 valence electrons. The quantitative estimate of drug-likeness (QED) is 0.0651. The number of amides is 3. The summed E-state index contributed by atoms with van der Waals surface area (Å²) >= 11 is -0.343. The van der Waals surface area contributed by atoms with E-state index >= 15 is 4.79 Å². The summed E-state index contributed by atoms with van der Waals surface area (Å²) in [5.74, 6) is 0.498. The molecule has 5 atom stereocenters. The van der Waals surface area contributed by atoms with E-state index in [1.807, 2.05) is 24.8 Å². The number of allylic oxidation sites excluding steroid dienone is 3. The molecule has 17 heteroatoms. The normalized spacial score (nSPS) is 21.4. The van der Waals surface area contributed by atoms with Crippen molar-refractivity contribution in [3.8, 4) is 0 Å². The van der Waals surface area contributed by atoms with Crippen LogP contribution in [0.2, 0.25) is 0 Å². The van der Waals surface area contributed by atoms with Crippen molar-refractivity contribution in [1.29, 1.82) is 0 Å². The molecule has 8 heterocycles. The predicted octanol–water partition coefficient (Wildman–Crippen LogP) is 3.89. The summed E-state index contributed by atoms with van der Waals surface area (Å²) in [7, 11) is 1.39. The van der Waals surface area contributed by atoms with Crippen LogP contribution in [-0.2, 0) is 23.9 Å². The third-order valence-corrected chi connectivity index (χ3v) is 21.0. The second-order valence-electron chi connectivity index (χ2n) is 19.2. The van der Waals surface area contributed by atoms with Crippen LogP contribution in [0.3, 0.4) is 0 Å². The second kappa shape index (κ2) is 23.8. The van der Waals surface area contributed by atoms with E-state index in [9.17, 15) is 19.2 Å². The van der Waals surface area contributed by atoms with Crippen LogP contribution >= 0.6 is 11.8 Å². The van der Waals surface area contributed by atoms with Gasteiger partial charge in [-0.2, -0.15) is 11.8 Å². The Labute approximate surface area is 434 Å². The Bertz CT molecular complexity index is 2730. The molecule has 2 unspecified atom stereocenters. The van der Waals surface area contributed by atoms with Gasteiger partial charge in [0, 0.05) is 17.4 Å². The van der Waals surface area contributed by atoms with Gasteiger partial charge in [0.15, 0.2) is 0 Å². The Kier molecular flexibility index (Phi) is 18.1. The number of halogens is 1. The van der Waals surface area contributed by atoms with Gasteiger partial charge in [0.1, 0.15) is 5.78 Å². The number of carbonyl (C=O) groups is 5. The molecule has 0 aliphatic carbocycles. The van der Waals surface area contributed by atoms with E-state index in [-0.39, 0.29) is 61.3 Å². The minimum Gasteiger partial charge on any atom is -1.00 e. The number of ether oxygens (including phenoxy) is 2.